The zero-order valence-corrected chi connectivity index (χ0v) is 11.7. The Morgan fingerprint density at radius 2 is 2.25 bits per heavy atom. The average Bonchev–Trinajstić information content (AvgIpc) is 3.01. The van der Waals surface area contributed by atoms with Gasteiger partial charge < -0.3 is 15.2 Å². The topological polar surface area (TPSA) is 82.4 Å². The molecule has 3 N–H and O–H groups in total. The number of thiophene rings is 1. The molecular weight excluding hydrogens is 276 g/mol. The minimum Gasteiger partial charge on any atom is -0.495 e. The molecule has 0 radical (unpaired) electrons. The summed E-state index contributed by atoms with van der Waals surface area (Å²) in [7, 11) is 1.49. The van der Waals surface area contributed by atoms with Crippen LogP contribution in [0.25, 0.3) is 0 Å². The van der Waals surface area contributed by atoms with Gasteiger partial charge in [0.15, 0.2) is 5.78 Å². The molecule has 1 aromatic heterocycles. The number of ether oxygens (including phenoxy) is 1. The van der Waals surface area contributed by atoms with Gasteiger partial charge in [-0.3, -0.25) is 10.2 Å². The number of ketones is 1. The first-order valence-electron chi connectivity index (χ1n) is 5.87. The normalized spacial score (nSPS) is 10.1. The monoisotopic (exact) mass is 290 g/mol. The lowest BCUT2D eigenvalue weighted by Gasteiger charge is -2.12. The van der Waals surface area contributed by atoms with E-state index in [9.17, 15) is 4.79 Å². The predicted octanol–water partition coefficient (Wildman–Crippen LogP) is 2.37. The molecule has 0 fully saturated rings. The Morgan fingerprint density at radius 1 is 1.45 bits per heavy atom. The maximum atomic E-state index is 11.4. The third-order valence-electron chi connectivity index (χ3n) is 2.69. The van der Waals surface area contributed by atoms with Crippen LogP contribution in [0.2, 0.25) is 0 Å². The fourth-order valence-corrected chi connectivity index (χ4v) is 2.31. The van der Waals surface area contributed by atoms with Crippen LogP contribution in [-0.2, 0) is 0 Å². The van der Waals surface area contributed by atoms with Crippen molar-refractivity contribution in [1.29, 1.82) is 5.41 Å². The van der Waals surface area contributed by atoms with Crippen LogP contribution < -0.4 is 10.1 Å². The molecule has 0 unspecified atom stereocenters. The Morgan fingerprint density at radius 3 is 2.85 bits per heavy atom. The molecule has 20 heavy (non-hydrogen) atoms. The standard InChI is InChI=1S/C14H14N2O3S/c1-19-12-7-9(11(18)8-17)4-5-10(12)16-14(15)13-3-2-6-20-13/h2-7,17H,8H2,1H3,(H2,15,16). The number of hydrogen-bond acceptors (Lipinski definition) is 5. The fourth-order valence-electron chi connectivity index (χ4n) is 1.68. The second-order valence-electron chi connectivity index (χ2n) is 3.97. The lowest BCUT2D eigenvalue weighted by molar-refractivity contribution is 0.0903. The number of carbonyl (C=O) groups excluding carboxylic acids is 1. The van der Waals surface area contributed by atoms with Gasteiger partial charge >= 0.3 is 0 Å². The Hall–Kier alpha value is -2.18. The molecule has 0 saturated heterocycles. The van der Waals surface area contributed by atoms with E-state index in [1.807, 2.05) is 17.5 Å². The van der Waals surface area contributed by atoms with E-state index >= 15 is 0 Å². The number of aliphatic hydroxyl groups excluding tert-OH is 1. The number of aliphatic hydroxyl groups is 1. The van der Waals surface area contributed by atoms with Gasteiger partial charge in [0, 0.05) is 5.56 Å². The second-order valence-corrected chi connectivity index (χ2v) is 4.92. The molecule has 0 aliphatic carbocycles. The third kappa shape index (κ3) is 3.04. The van der Waals surface area contributed by atoms with Gasteiger partial charge in [0.05, 0.1) is 17.7 Å². The molecule has 0 bridgehead atoms. The summed E-state index contributed by atoms with van der Waals surface area (Å²) in [4.78, 5) is 12.2. The zero-order valence-electron chi connectivity index (χ0n) is 10.8. The Balaban J connectivity index is 2.24. The average molecular weight is 290 g/mol. The van der Waals surface area contributed by atoms with Crippen LogP contribution in [0.5, 0.6) is 5.75 Å². The predicted molar refractivity (Wildman–Crippen MR) is 79.2 cm³/mol. The van der Waals surface area contributed by atoms with Crippen LogP contribution in [0.1, 0.15) is 15.2 Å². The first kappa shape index (κ1) is 14.2. The molecule has 0 spiro atoms. The third-order valence-corrected chi connectivity index (χ3v) is 3.58. The van der Waals surface area contributed by atoms with Gasteiger partial charge in [-0.05, 0) is 29.6 Å². The van der Waals surface area contributed by atoms with Gasteiger partial charge in [-0.1, -0.05) is 6.07 Å². The quantitative estimate of drug-likeness (QED) is 0.448. The zero-order chi connectivity index (χ0) is 14.5. The van der Waals surface area contributed by atoms with Crippen molar-refractivity contribution in [2.75, 3.05) is 19.0 Å². The lowest BCUT2D eigenvalue weighted by atomic mass is 10.1. The van der Waals surface area contributed by atoms with Crippen LogP contribution in [0, 0.1) is 5.41 Å². The minimum atomic E-state index is -0.541. The van der Waals surface area contributed by atoms with Gasteiger partial charge in [-0.2, -0.15) is 0 Å². The molecule has 5 nitrogen and oxygen atoms in total. The number of carbonyl (C=O) groups is 1. The smallest absolute Gasteiger partial charge is 0.188 e. The van der Waals surface area contributed by atoms with E-state index in [1.54, 1.807) is 18.2 Å². The summed E-state index contributed by atoms with van der Waals surface area (Å²) in [6, 6.07) is 8.50. The highest BCUT2D eigenvalue weighted by Crippen LogP contribution is 2.26. The maximum absolute atomic E-state index is 11.4. The summed E-state index contributed by atoms with van der Waals surface area (Å²) in [6.07, 6.45) is 0. The number of Topliss-reactive ketones (excluding diaryl/α,β-unsaturated/α-hetero) is 1. The molecule has 1 aromatic carbocycles. The number of methoxy groups -OCH3 is 1. The first-order chi connectivity index (χ1) is 9.65. The molecule has 2 aromatic rings. The highest BCUT2D eigenvalue weighted by Gasteiger charge is 2.11. The van der Waals surface area contributed by atoms with E-state index in [0.29, 0.717) is 17.0 Å². The van der Waals surface area contributed by atoms with Gasteiger partial charge in [-0.15, -0.1) is 11.3 Å². The van der Waals surface area contributed by atoms with E-state index < -0.39 is 6.61 Å². The van der Waals surface area contributed by atoms with Crippen LogP contribution in [-0.4, -0.2) is 30.4 Å². The molecule has 0 aliphatic heterocycles. The van der Waals surface area contributed by atoms with E-state index in [1.165, 1.54) is 18.4 Å². The molecule has 104 valence electrons. The van der Waals surface area contributed by atoms with Crippen LogP contribution in [0.15, 0.2) is 35.7 Å². The SMILES string of the molecule is COc1cc(C(=O)CO)ccc1NC(=N)c1cccs1. The summed E-state index contributed by atoms with van der Waals surface area (Å²) >= 11 is 1.46. The molecule has 2 rings (SSSR count). The summed E-state index contributed by atoms with van der Waals surface area (Å²) in [5, 5.41) is 21.7. The van der Waals surface area contributed by atoms with Crippen molar-refractivity contribution in [3.05, 3.63) is 46.2 Å². The number of anilines is 1. The van der Waals surface area contributed by atoms with Gasteiger partial charge in [-0.25, -0.2) is 0 Å². The van der Waals surface area contributed by atoms with Gasteiger partial charge in [0.2, 0.25) is 0 Å². The number of benzene rings is 1. The van der Waals surface area contributed by atoms with E-state index in [0.717, 1.165) is 4.88 Å². The molecule has 0 atom stereocenters. The van der Waals surface area contributed by atoms with Crippen molar-refractivity contribution in [3.8, 4) is 5.75 Å². The molecule has 0 amide bonds. The molecule has 0 saturated carbocycles. The highest BCUT2D eigenvalue weighted by atomic mass is 32.1. The number of amidine groups is 1. The molecule has 6 heteroatoms. The summed E-state index contributed by atoms with van der Waals surface area (Å²) < 4.78 is 5.21. The van der Waals surface area contributed by atoms with E-state index in [2.05, 4.69) is 5.32 Å². The van der Waals surface area contributed by atoms with Crippen molar-refractivity contribution in [3.63, 3.8) is 0 Å². The van der Waals surface area contributed by atoms with Crippen molar-refractivity contribution in [1.82, 2.24) is 0 Å². The summed E-state index contributed by atoms with van der Waals surface area (Å²) in [5.41, 5.74) is 0.970. The molecule has 1 heterocycles. The van der Waals surface area contributed by atoms with Crippen LogP contribution in [0.4, 0.5) is 5.69 Å². The fraction of sp³-hybridized carbons (Fsp3) is 0.143. The Kier molecular flexibility index (Phi) is 4.49. The number of nitrogens with one attached hydrogen (secondary N) is 2. The van der Waals surface area contributed by atoms with Gasteiger partial charge in [0.25, 0.3) is 0 Å². The first-order valence-corrected chi connectivity index (χ1v) is 6.75. The summed E-state index contributed by atoms with van der Waals surface area (Å²) in [6.45, 7) is -0.541. The van der Waals surface area contributed by atoms with Crippen molar-refractivity contribution in [2.45, 2.75) is 0 Å². The number of hydrogen-bond donors (Lipinski definition) is 3. The van der Waals surface area contributed by atoms with E-state index in [4.69, 9.17) is 15.3 Å². The van der Waals surface area contributed by atoms with Gasteiger partial charge in [0.1, 0.15) is 18.2 Å². The van der Waals surface area contributed by atoms with Crippen molar-refractivity contribution in [2.24, 2.45) is 0 Å². The van der Waals surface area contributed by atoms with E-state index in [-0.39, 0.29) is 11.6 Å². The highest BCUT2D eigenvalue weighted by molar-refractivity contribution is 7.12. The van der Waals surface area contributed by atoms with Crippen molar-refractivity contribution >= 4 is 28.6 Å². The largest absolute Gasteiger partial charge is 0.495 e. The molecule has 0 aliphatic rings. The minimum absolute atomic E-state index is 0.263. The van der Waals surface area contributed by atoms with Crippen molar-refractivity contribution < 1.29 is 14.6 Å². The second kappa shape index (κ2) is 6.31. The molecular formula is C14H14N2O3S. The maximum Gasteiger partial charge on any atom is 0.188 e. The number of rotatable bonds is 5. The van der Waals surface area contributed by atoms with Crippen LogP contribution >= 0.6 is 11.3 Å². The Labute approximate surface area is 120 Å². The lowest BCUT2D eigenvalue weighted by Crippen LogP contribution is -2.12. The van der Waals surface area contributed by atoms with Crippen LogP contribution in [0.3, 0.4) is 0 Å². The summed E-state index contributed by atoms with van der Waals surface area (Å²) in [5.74, 6) is 0.341. The Bertz CT molecular complexity index is 623.